The number of nitro groups is 1. The van der Waals surface area contributed by atoms with Crippen LogP contribution in [-0.4, -0.2) is 23.1 Å². The number of benzene rings is 2. The summed E-state index contributed by atoms with van der Waals surface area (Å²) in [6.07, 6.45) is 0.949. The van der Waals surface area contributed by atoms with Gasteiger partial charge in [-0.1, -0.05) is 41.9 Å². The molecule has 0 aromatic heterocycles. The minimum atomic E-state index is -0.994. The Labute approximate surface area is 145 Å². The first kappa shape index (κ1) is 16.7. The van der Waals surface area contributed by atoms with Gasteiger partial charge in [0.1, 0.15) is 5.69 Å². The SMILES string of the molecule is Cc1cccc([N+](=O)[O-])c1N1CCC(O)(c2ccccc2Cl)CC1. The molecule has 0 aliphatic carbocycles. The highest BCUT2D eigenvalue weighted by Gasteiger charge is 2.37. The maximum absolute atomic E-state index is 11.3. The second-order valence-electron chi connectivity index (χ2n) is 6.20. The fourth-order valence-corrected chi connectivity index (χ4v) is 3.72. The molecule has 126 valence electrons. The topological polar surface area (TPSA) is 66.6 Å². The number of nitrogens with zero attached hydrogens (tertiary/aromatic N) is 2. The smallest absolute Gasteiger partial charge is 0.292 e. The molecular formula is C18H19ClN2O3. The van der Waals surface area contributed by atoms with E-state index in [-0.39, 0.29) is 10.6 Å². The summed E-state index contributed by atoms with van der Waals surface area (Å²) in [4.78, 5) is 13.0. The Morgan fingerprint density at radius 2 is 1.83 bits per heavy atom. The molecule has 0 amide bonds. The predicted octanol–water partition coefficient (Wildman–Crippen LogP) is 4.04. The van der Waals surface area contributed by atoms with Gasteiger partial charge < -0.3 is 10.0 Å². The fraction of sp³-hybridized carbons (Fsp3) is 0.333. The fourth-order valence-electron chi connectivity index (χ4n) is 3.41. The molecule has 0 bridgehead atoms. The van der Waals surface area contributed by atoms with Crippen LogP contribution in [0.5, 0.6) is 0 Å². The average molecular weight is 347 g/mol. The third-order valence-corrected chi connectivity index (χ3v) is 5.02. The molecular weight excluding hydrogens is 328 g/mol. The Morgan fingerprint density at radius 3 is 2.46 bits per heavy atom. The molecule has 1 N–H and O–H groups in total. The van der Waals surface area contributed by atoms with Crippen molar-refractivity contribution in [3.05, 3.63) is 68.7 Å². The van der Waals surface area contributed by atoms with Crippen molar-refractivity contribution in [2.75, 3.05) is 18.0 Å². The summed E-state index contributed by atoms with van der Waals surface area (Å²) in [6, 6.07) is 12.4. The number of hydrogen-bond donors (Lipinski definition) is 1. The zero-order chi connectivity index (χ0) is 17.3. The molecule has 5 nitrogen and oxygen atoms in total. The van der Waals surface area contributed by atoms with E-state index in [1.807, 2.05) is 36.1 Å². The van der Waals surface area contributed by atoms with Gasteiger partial charge in [-0.3, -0.25) is 10.1 Å². The second-order valence-corrected chi connectivity index (χ2v) is 6.61. The number of para-hydroxylation sites is 1. The molecule has 1 saturated heterocycles. The van der Waals surface area contributed by atoms with Crippen molar-refractivity contribution < 1.29 is 10.0 Å². The number of piperidine rings is 1. The Morgan fingerprint density at radius 1 is 1.17 bits per heavy atom. The van der Waals surface area contributed by atoms with E-state index in [0.717, 1.165) is 11.1 Å². The van der Waals surface area contributed by atoms with Crippen molar-refractivity contribution in [1.82, 2.24) is 0 Å². The number of halogens is 1. The molecule has 3 rings (SSSR count). The first-order chi connectivity index (χ1) is 11.4. The van der Waals surface area contributed by atoms with E-state index < -0.39 is 5.60 Å². The van der Waals surface area contributed by atoms with Crippen LogP contribution in [0.2, 0.25) is 5.02 Å². The molecule has 1 aliphatic rings. The summed E-state index contributed by atoms with van der Waals surface area (Å²) < 4.78 is 0. The summed E-state index contributed by atoms with van der Waals surface area (Å²) in [7, 11) is 0. The van der Waals surface area contributed by atoms with E-state index in [1.165, 1.54) is 6.07 Å². The highest BCUT2D eigenvalue weighted by Crippen LogP contribution is 2.40. The van der Waals surface area contributed by atoms with Crippen molar-refractivity contribution in [2.45, 2.75) is 25.4 Å². The van der Waals surface area contributed by atoms with Crippen molar-refractivity contribution >= 4 is 23.0 Å². The van der Waals surface area contributed by atoms with Gasteiger partial charge in [-0.25, -0.2) is 0 Å². The first-order valence-corrected chi connectivity index (χ1v) is 8.26. The number of aryl methyl sites for hydroxylation is 1. The number of anilines is 1. The third-order valence-electron chi connectivity index (χ3n) is 4.70. The van der Waals surface area contributed by atoms with Gasteiger partial charge in [0.2, 0.25) is 0 Å². The van der Waals surface area contributed by atoms with Crippen LogP contribution in [0.4, 0.5) is 11.4 Å². The number of hydrogen-bond acceptors (Lipinski definition) is 4. The van der Waals surface area contributed by atoms with Gasteiger partial charge >= 0.3 is 0 Å². The van der Waals surface area contributed by atoms with E-state index in [1.54, 1.807) is 12.1 Å². The zero-order valence-electron chi connectivity index (χ0n) is 13.4. The monoisotopic (exact) mass is 346 g/mol. The maximum Gasteiger partial charge on any atom is 0.292 e. The third kappa shape index (κ3) is 2.97. The van der Waals surface area contributed by atoms with Crippen LogP contribution >= 0.6 is 11.6 Å². The van der Waals surface area contributed by atoms with Gasteiger partial charge in [0.15, 0.2) is 0 Å². The van der Waals surface area contributed by atoms with E-state index >= 15 is 0 Å². The molecule has 24 heavy (non-hydrogen) atoms. The minimum absolute atomic E-state index is 0.109. The first-order valence-electron chi connectivity index (χ1n) is 7.89. The second kappa shape index (κ2) is 6.42. The molecule has 0 unspecified atom stereocenters. The van der Waals surface area contributed by atoms with Crippen LogP contribution < -0.4 is 4.90 Å². The van der Waals surface area contributed by atoms with Gasteiger partial charge in [-0.2, -0.15) is 0 Å². The molecule has 0 radical (unpaired) electrons. The summed E-state index contributed by atoms with van der Waals surface area (Å²) in [5.74, 6) is 0. The Balaban J connectivity index is 1.86. The lowest BCUT2D eigenvalue weighted by Crippen LogP contribution is -2.43. The summed E-state index contributed by atoms with van der Waals surface area (Å²) >= 11 is 6.23. The predicted molar refractivity (Wildman–Crippen MR) is 94.6 cm³/mol. The standard InChI is InChI=1S/C18H19ClN2O3/c1-13-5-4-8-16(21(23)24)17(13)20-11-9-18(22,10-12-20)14-6-2-3-7-15(14)19/h2-8,22H,9-12H2,1H3. The molecule has 1 aliphatic heterocycles. The molecule has 2 aromatic carbocycles. The molecule has 0 saturated carbocycles. The van der Waals surface area contributed by atoms with Crippen molar-refractivity contribution in [3.63, 3.8) is 0 Å². The largest absolute Gasteiger partial charge is 0.385 e. The van der Waals surface area contributed by atoms with Crippen molar-refractivity contribution in [2.24, 2.45) is 0 Å². The van der Waals surface area contributed by atoms with Crippen LogP contribution in [0.25, 0.3) is 0 Å². The molecule has 6 heteroatoms. The molecule has 0 spiro atoms. The number of aliphatic hydroxyl groups is 1. The lowest BCUT2D eigenvalue weighted by molar-refractivity contribution is -0.384. The van der Waals surface area contributed by atoms with Gasteiger partial charge in [-0.05, 0) is 31.4 Å². The molecule has 1 heterocycles. The molecule has 0 atom stereocenters. The normalized spacial score (nSPS) is 16.9. The minimum Gasteiger partial charge on any atom is -0.385 e. The lowest BCUT2D eigenvalue weighted by atomic mass is 9.84. The Kier molecular flexibility index (Phi) is 4.47. The summed E-state index contributed by atoms with van der Waals surface area (Å²) in [5, 5.41) is 22.9. The summed E-state index contributed by atoms with van der Waals surface area (Å²) in [6.45, 7) is 2.94. The van der Waals surface area contributed by atoms with E-state index in [2.05, 4.69) is 0 Å². The van der Waals surface area contributed by atoms with Crippen LogP contribution in [0.1, 0.15) is 24.0 Å². The van der Waals surface area contributed by atoms with Gasteiger partial charge in [-0.15, -0.1) is 0 Å². The van der Waals surface area contributed by atoms with Crippen LogP contribution in [0, 0.1) is 17.0 Å². The van der Waals surface area contributed by atoms with E-state index in [0.29, 0.717) is 36.6 Å². The Bertz CT molecular complexity index is 771. The van der Waals surface area contributed by atoms with E-state index in [4.69, 9.17) is 11.6 Å². The molecule has 2 aromatic rings. The van der Waals surface area contributed by atoms with Crippen molar-refractivity contribution in [3.8, 4) is 0 Å². The lowest BCUT2D eigenvalue weighted by Gasteiger charge is -2.40. The van der Waals surface area contributed by atoms with E-state index in [9.17, 15) is 15.2 Å². The van der Waals surface area contributed by atoms with Crippen molar-refractivity contribution in [1.29, 1.82) is 0 Å². The highest BCUT2D eigenvalue weighted by molar-refractivity contribution is 6.31. The van der Waals surface area contributed by atoms with Crippen LogP contribution in [-0.2, 0) is 5.60 Å². The van der Waals surface area contributed by atoms with Crippen LogP contribution in [0.15, 0.2) is 42.5 Å². The molecule has 1 fully saturated rings. The summed E-state index contributed by atoms with van der Waals surface area (Å²) in [5.41, 5.74) is 1.35. The van der Waals surface area contributed by atoms with Gasteiger partial charge in [0.05, 0.1) is 10.5 Å². The number of nitro benzene ring substituents is 1. The van der Waals surface area contributed by atoms with Gasteiger partial charge in [0, 0.05) is 29.7 Å². The average Bonchev–Trinajstić information content (AvgIpc) is 2.56. The number of rotatable bonds is 3. The van der Waals surface area contributed by atoms with Gasteiger partial charge in [0.25, 0.3) is 5.69 Å². The zero-order valence-corrected chi connectivity index (χ0v) is 14.2. The van der Waals surface area contributed by atoms with Crippen LogP contribution in [0.3, 0.4) is 0 Å². The Hall–Kier alpha value is -2.11. The highest BCUT2D eigenvalue weighted by atomic mass is 35.5. The quantitative estimate of drug-likeness (QED) is 0.672. The maximum atomic E-state index is 11.3.